The molecule has 0 unspecified atom stereocenters. The van der Waals surface area contributed by atoms with E-state index in [4.69, 9.17) is 4.74 Å². The van der Waals surface area contributed by atoms with Crippen molar-refractivity contribution in [2.75, 3.05) is 6.54 Å². The molecule has 1 heterocycles. The first-order valence-corrected chi connectivity index (χ1v) is 9.88. The predicted octanol–water partition coefficient (Wildman–Crippen LogP) is 3.75. The Labute approximate surface area is 165 Å². The van der Waals surface area contributed by atoms with Crippen molar-refractivity contribution < 1.29 is 14.3 Å². The number of amides is 2. The van der Waals surface area contributed by atoms with E-state index in [2.05, 4.69) is 15.6 Å². The zero-order valence-corrected chi connectivity index (χ0v) is 16.2. The van der Waals surface area contributed by atoms with E-state index in [-0.39, 0.29) is 18.2 Å². The summed E-state index contributed by atoms with van der Waals surface area (Å²) in [6.07, 6.45) is 7.51. The van der Waals surface area contributed by atoms with Crippen LogP contribution in [0.3, 0.4) is 0 Å². The van der Waals surface area contributed by atoms with Crippen molar-refractivity contribution >= 4 is 11.8 Å². The number of rotatable bonds is 7. The minimum absolute atomic E-state index is 0.0120. The minimum Gasteiger partial charge on any atom is -0.456 e. The third kappa shape index (κ3) is 6.08. The third-order valence-corrected chi connectivity index (χ3v) is 4.83. The Morgan fingerprint density at radius 3 is 2.43 bits per heavy atom. The second kappa shape index (κ2) is 9.88. The van der Waals surface area contributed by atoms with Gasteiger partial charge in [-0.2, -0.15) is 0 Å². The number of hydrogen-bond donors (Lipinski definition) is 2. The Kier molecular flexibility index (Phi) is 7.00. The summed E-state index contributed by atoms with van der Waals surface area (Å²) in [6.45, 7) is 2.30. The van der Waals surface area contributed by atoms with Gasteiger partial charge < -0.3 is 15.4 Å². The zero-order valence-electron chi connectivity index (χ0n) is 16.2. The van der Waals surface area contributed by atoms with Crippen molar-refractivity contribution in [3.05, 3.63) is 53.9 Å². The number of hydrogen-bond acceptors (Lipinski definition) is 4. The second-order valence-corrected chi connectivity index (χ2v) is 7.20. The molecule has 0 spiro atoms. The van der Waals surface area contributed by atoms with Crippen LogP contribution in [0.25, 0.3) is 0 Å². The minimum atomic E-state index is -0.299. The summed E-state index contributed by atoms with van der Waals surface area (Å²) in [5, 5.41) is 5.78. The topological polar surface area (TPSA) is 80.3 Å². The highest BCUT2D eigenvalue weighted by Crippen LogP contribution is 2.21. The molecule has 6 nitrogen and oxygen atoms in total. The summed E-state index contributed by atoms with van der Waals surface area (Å²) in [7, 11) is 0. The van der Waals surface area contributed by atoms with Crippen molar-refractivity contribution in [2.24, 2.45) is 0 Å². The van der Waals surface area contributed by atoms with E-state index in [1.165, 1.54) is 25.5 Å². The van der Waals surface area contributed by atoms with Gasteiger partial charge in [0.25, 0.3) is 5.91 Å². The fraction of sp³-hybridized carbons (Fsp3) is 0.409. The van der Waals surface area contributed by atoms with Crippen LogP contribution in [0, 0.1) is 6.92 Å². The quantitative estimate of drug-likeness (QED) is 0.765. The molecule has 0 aliphatic heterocycles. The molecule has 2 N–H and O–H groups in total. The van der Waals surface area contributed by atoms with Crippen LogP contribution in [0.2, 0.25) is 0 Å². The van der Waals surface area contributed by atoms with Crippen LogP contribution in [0.1, 0.15) is 54.6 Å². The molecule has 1 aromatic heterocycles. The maximum Gasteiger partial charge on any atom is 0.269 e. The average Bonchev–Trinajstić information content (AvgIpc) is 2.71. The fourth-order valence-corrected chi connectivity index (χ4v) is 3.24. The monoisotopic (exact) mass is 381 g/mol. The van der Waals surface area contributed by atoms with Gasteiger partial charge in [0.15, 0.2) is 0 Å². The van der Waals surface area contributed by atoms with Crippen LogP contribution < -0.4 is 15.4 Å². The van der Waals surface area contributed by atoms with E-state index in [1.807, 2.05) is 31.2 Å². The van der Waals surface area contributed by atoms with Crippen molar-refractivity contribution in [1.29, 1.82) is 0 Å². The van der Waals surface area contributed by atoms with Gasteiger partial charge in [0, 0.05) is 19.0 Å². The average molecular weight is 381 g/mol. The van der Waals surface area contributed by atoms with E-state index in [0.717, 1.165) is 18.4 Å². The summed E-state index contributed by atoms with van der Waals surface area (Å²) in [4.78, 5) is 28.3. The molecule has 1 aromatic carbocycles. The maximum atomic E-state index is 12.2. The van der Waals surface area contributed by atoms with Crippen molar-refractivity contribution in [2.45, 2.75) is 51.5 Å². The molecular formula is C22H27N3O3. The molecule has 28 heavy (non-hydrogen) atoms. The second-order valence-electron chi connectivity index (χ2n) is 7.20. The van der Waals surface area contributed by atoms with Crippen molar-refractivity contribution in [3.8, 4) is 11.5 Å². The molecule has 2 aromatic rings. The summed E-state index contributed by atoms with van der Waals surface area (Å²) in [6, 6.07) is 11.3. The number of benzene rings is 1. The fourth-order valence-electron chi connectivity index (χ4n) is 3.24. The third-order valence-electron chi connectivity index (χ3n) is 4.83. The standard InChI is InChI=1S/C22H27N3O3/c1-16-7-9-18(10-8-16)28-19-11-12-20(24-15-19)22(27)23-14-13-21(26)25-17-5-3-2-4-6-17/h7-12,15,17H,2-6,13-14H2,1H3,(H,23,27)(H,25,26). The highest BCUT2D eigenvalue weighted by Gasteiger charge is 2.15. The number of carbonyl (C=O) groups excluding carboxylic acids is 2. The lowest BCUT2D eigenvalue weighted by Crippen LogP contribution is -2.38. The Bertz CT molecular complexity index is 782. The Balaban J connectivity index is 1.41. The van der Waals surface area contributed by atoms with Crippen LogP contribution in [-0.4, -0.2) is 29.4 Å². The Hall–Kier alpha value is -2.89. The van der Waals surface area contributed by atoms with Gasteiger partial charge in [0.1, 0.15) is 17.2 Å². The highest BCUT2D eigenvalue weighted by atomic mass is 16.5. The Morgan fingerprint density at radius 1 is 1.04 bits per heavy atom. The molecule has 0 bridgehead atoms. The SMILES string of the molecule is Cc1ccc(Oc2ccc(C(=O)NCCC(=O)NC3CCCCC3)nc2)cc1. The first-order valence-electron chi connectivity index (χ1n) is 9.88. The normalized spacial score (nSPS) is 14.3. The zero-order chi connectivity index (χ0) is 19.8. The van der Waals surface area contributed by atoms with Gasteiger partial charge in [0.2, 0.25) is 5.91 Å². The molecule has 2 amide bonds. The molecule has 1 aliphatic rings. The van der Waals surface area contributed by atoms with Gasteiger partial charge in [-0.1, -0.05) is 37.0 Å². The van der Waals surface area contributed by atoms with Gasteiger partial charge in [0.05, 0.1) is 6.20 Å². The molecule has 0 saturated heterocycles. The molecule has 1 aliphatic carbocycles. The molecule has 1 saturated carbocycles. The molecule has 148 valence electrons. The molecule has 0 radical (unpaired) electrons. The van der Waals surface area contributed by atoms with Gasteiger partial charge in [-0.3, -0.25) is 9.59 Å². The van der Waals surface area contributed by atoms with Crippen LogP contribution >= 0.6 is 0 Å². The smallest absolute Gasteiger partial charge is 0.269 e. The molecule has 0 atom stereocenters. The number of nitrogens with one attached hydrogen (secondary N) is 2. The van der Waals surface area contributed by atoms with Crippen molar-refractivity contribution in [1.82, 2.24) is 15.6 Å². The van der Waals surface area contributed by atoms with Gasteiger partial charge in [-0.15, -0.1) is 0 Å². The number of carbonyl (C=O) groups is 2. The highest BCUT2D eigenvalue weighted by molar-refractivity contribution is 5.92. The summed E-state index contributed by atoms with van der Waals surface area (Å²) >= 11 is 0. The van der Waals surface area contributed by atoms with E-state index in [9.17, 15) is 9.59 Å². The number of pyridine rings is 1. The van der Waals surface area contributed by atoms with Gasteiger partial charge >= 0.3 is 0 Å². The summed E-state index contributed by atoms with van der Waals surface area (Å²) < 4.78 is 5.71. The molecule has 3 rings (SSSR count). The van der Waals surface area contributed by atoms with Gasteiger partial charge in [-0.05, 0) is 44.0 Å². The number of aromatic nitrogens is 1. The first kappa shape index (κ1) is 19.9. The molecule has 1 fully saturated rings. The summed E-state index contributed by atoms with van der Waals surface area (Å²) in [5.41, 5.74) is 1.45. The van der Waals surface area contributed by atoms with Crippen LogP contribution in [0.4, 0.5) is 0 Å². The van der Waals surface area contributed by atoms with Crippen LogP contribution in [0.15, 0.2) is 42.6 Å². The van der Waals surface area contributed by atoms with E-state index in [0.29, 0.717) is 29.8 Å². The lowest BCUT2D eigenvalue weighted by molar-refractivity contribution is -0.121. The first-order chi connectivity index (χ1) is 13.6. The lowest BCUT2D eigenvalue weighted by atomic mass is 9.95. The lowest BCUT2D eigenvalue weighted by Gasteiger charge is -2.22. The molecule has 6 heteroatoms. The maximum absolute atomic E-state index is 12.2. The Morgan fingerprint density at radius 2 is 1.75 bits per heavy atom. The number of aryl methyl sites for hydroxylation is 1. The summed E-state index contributed by atoms with van der Waals surface area (Å²) in [5.74, 6) is 0.968. The van der Waals surface area contributed by atoms with E-state index in [1.54, 1.807) is 12.1 Å². The predicted molar refractivity (Wildman–Crippen MR) is 107 cm³/mol. The van der Waals surface area contributed by atoms with Crippen LogP contribution in [-0.2, 0) is 4.79 Å². The van der Waals surface area contributed by atoms with Crippen molar-refractivity contribution in [3.63, 3.8) is 0 Å². The van der Waals surface area contributed by atoms with Gasteiger partial charge in [-0.25, -0.2) is 4.98 Å². The van der Waals surface area contributed by atoms with E-state index < -0.39 is 0 Å². The van der Waals surface area contributed by atoms with Crippen LogP contribution in [0.5, 0.6) is 11.5 Å². The number of ether oxygens (including phenoxy) is 1. The van der Waals surface area contributed by atoms with E-state index >= 15 is 0 Å². The molecular weight excluding hydrogens is 354 g/mol. The largest absolute Gasteiger partial charge is 0.456 e. The number of nitrogens with zero attached hydrogens (tertiary/aromatic N) is 1.